The molecule has 0 saturated carbocycles. The highest BCUT2D eigenvalue weighted by Gasteiger charge is 2.15. The summed E-state index contributed by atoms with van der Waals surface area (Å²) in [7, 11) is 0. The lowest BCUT2D eigenvalue weighted by molar-refractivity contribution is 0.591. The first kappa shape index (κ1) is 11.0. The second-order valence-electron chi connectivity index (χ2n) is 4.09. The van der Waals surface area contributed by atoms with Gasteiger partial charge in [-0.2, -0.15) is 0 Å². The van der Waals surface area contributed by atoms with Crippen LogP contribution < -0.4 is 5.73 Å². The molecule has 86 valence electrons. The maximum absolute atomic E-state index is 6.07. The Morgan fingerprint density at radius 1 is 1.38 bits per heavy atom. The quantitative estimate of drug-likeness (QED) is 0.850. The maximum atomic E-state index is 6.07. The van der Waals surface area contributed by atoms with Crippen LogP contribution in [0.3, 0.4) is 0 Å². The van der Waals surface area contributed by atoms with Crippen molar-refractivity contribution in [1.29, 1.82) is 0 Å². The average molecular weight is 219 g/mol. The van der Waals surface area contributed by atoms with E-state index in [1.165, 1.54) is 0 Å². The number of hydrogen-bond acceptors (Lipinski definition) is 4. The Morgan fingerprint density at radius 2 is 2.12 bits per heavy atom. The Bertz CT molecular complexity index is 502. The van der Waals surface area contributed by atoms with Gasteiger partial charge in [0.2, 0.25) is 0 Å². The fraction of sp³-hybridized carbons (Fsp3) is 0.545. The molecule has 0 fully saturated rings. The van der Waals surface area contributed by atoms with Crippen molar-refractivity contribution in [2.24, 2.45) is 5.73 Å². The summed E-state index contributed by atoms with van der Waals surface area (Å²) in [5.74, 6) is 1.70. The first-order valence-electron chi connectivity index (χ1n) is 5.58. The first-order chi connectivity index (χ1) is 7.63. The van der Waals surface area contributed by atoms with E-state index in [0.29, 0.717) is 0 Å². The second kappa shape index (κ2) is 4.17. The Labute approximate surface area is 94.7 Å². The Kier molecular flexibility index (Phi) is 2.87. The predicted octanol–water partition coefficient (Wildman–Crippen LogP) is 1.54. The molecule has 0 amide bonds. The molecule has 1 unspecified atom stereocenters. The summed E-state index contributed by atoms with van der Waals surface area (Å²) in [6.45, 7) is 6.01. The van der Waals surface area contributed by atoms with Crippen molar-refractivity contribution in [1.82, 2.24) is 19.6 Å². The monoisotopic (exact) mass is 219 g/mol. The van der Waals surface area contributed by atoms with E-state index in [-0.39, 0.29) is 6.04 Å². The van der Waals surface area contributed by atoms with Gasteiger partial charge in [0.25, 0.3) is 0 Å². The smallest absolute Gasteiger partial charge is 0.164 e. The fourth-order valence-corrected chi connectivity index (χ4v) is 1.94. The molecular weight excluding hydrogens is 202 g/mol. The molecule has 2 heterocycles. The Hall–Kier alpha value is -1.49. The molecule has 0 aliphatic heterocycles. The van der Waals surface area contributed by atoms with Crippen LogP contribution in [0.15, 0.2) is 6.07 Å². The maximum Gasteiger partial charge on any atom is 0.164 e. The SMILES string of the molecule is CCCC(N)c1nnc2cc(C)nc(C)n12. The predicted molar refractivity (Wildman–Crippen MR) is 62.1 cm³/mol. The minimum Gasteiger partial charge on any atom is -0.321 e. The number of aryl methyl sites for hydroxylation is 2. The largest absolute Gasteiger partial charge is 0.321 e. The molecule has 2 rings (SSSR count). The number of nitrogens with two attached hydrogens (primary N) is 1. The van der Waals surface area contributed by atoms with Crippen molar-refractivity contribution < 1.29 is 0 Å². The van der Waals surface area contributed by atoms with Gasteiger partial charge in [0.1, 0.15) is 5.82 Å². The van der Waals surface area contributed by atoms with Crippen molar-refractivity contribution >= 4 is 5.65 Å². The van der Waals surface area contributed by atoms with Crippen LogP contribution in [0.4, 0.5) is 0 Å². The molecule has 0 aliphatic carbocycles. The van der Waals surface area contributed by atoms with Crippen LogP contribution in [-0.2, 0) is 0 Å². The summed E-state index contributed by atoms with van der Waals surface area (Å²) in [5, 5.41) is 8.30. The van der Waals surface area contributed by atoms with Crippen LogP contribution in [0.2, 0.25) is 0 Å². The summed E-state index contributed by atoms with van der Waals surface area (Å²) in [6.07, 6.45) is 1.95. The second-order valence-corrected chi connectivity index (χ2v) is 4.09. The molecule has 5 nitrogen and oxygen atoms in total. The molecule has 5 heteroatoms. The normalized spacial score (nSPS) is 13.2. The third-order valence-electron chi connectivity index (χ3n) is 2.64. The van der Waals surface area contributed by atoms with Gasteiger partial charge in [-0.15, -0.1) is 10.2 Å². The van der Waals surface area contributed by atoms with Crippen LogP contribution in [-0.4, -0.2) is 19.6 Å². The van der Waals surface area contributed by atoms with E-state index in [2.05, 4.69) is 22.1 Å². The van der Waals surface area contributed by atoms with Crippen LogP contribution >= 0.6 is 0 Å². The molecule has 16 heavy (non-hydrogen) atoms. The molecule has 0 aromatic carbocycles. The molecule has 0 bridgehead atoms. The topological polar surface area (TPSA) is 69.1 Å². The summed E-state index contributed by atoms with van der Waals surface area (Å²) in [4.78, 5) is 4.40. The van der Waals surface area contributed by atoms with Gasteiger partial charge < -0.3 is 5.73 Å². The molecule has 0 spiro atoms. The lowest BCUT2D eigenvalue weighted by Gasteiger charge is -2.09. The van der Waals surface area contributed by atoms with Crippen LogP contribution in [0.1, 0.15) is 43.1 Å². The van der Waals surface area contributed by atoms with Gasteiger partial charge in [0.15, 0.2) is 11.5 Å². The molecule has 2 aromatic heterocycles. The van der Waals surface area contributed by atoms with Crippen LogP contribution in [0.25, 0.3) is 5.65 Å². The molecule has 0 radical (unpaired) electrons. The summed E-state index contributed by atoms with van der Waals surface area (Å²) < 4.78 is 1.94. The zero-order valence-corrected chi connectivity index (χ0v) is 9.94. The van der Waals surface area contributed by atoms with Gasteiger partial charge in [-0.25, -0.2) is 4.98 Å². The molecular formula is C11H17N5. The lowest BCUT2D eigenvalue weighted by atomic mass is 10.2. The van der Waals surface area contributed by atoms with Gasteiger partial charge >= 0.3 is 0 Å². The van der Waals surface area contributed by atoms with E-state index in [4.69, 9.17) is 5.73 Å². The molecule has 2 aromatic rings. The number of rotatable bonds is 3. The van der Waals surface area contributed by atoms with E-state index in [1.54, 1.807) is 0 Å². The summed E-state index contributed by atoms with van der Waals surface area (Å²) in [6, 6.07) is 1.85. The van der Waals surface area contributed by atoms with Crippen molar-refractivity contribution in [2.75, 3.05) is 0 Å². The first-order valence-corrected chi connectivity index (χ1v) is 5.58. The van der Waals surface area contributed by atoms with Gasteiger partial charge in [-0.05, 0) is 20.3 Å². The van der Waals surface area contributed by atoms with Gasteiger partial charge in [-0.3, -0.25) is 4.40 Å². The van der Waals surface area contributed by atoms with Gasteiger partial charge in [0, 0.05) is 11.8 Å². The van der Waals surface area contributed by atoms with E-state index < -0.39 is 0 Å². The van der Waals surface area contributed by atoms with Crippen molar-refractivity contribution in [3.63, 3.8) is 0 Å². The lowest BCUT2D eigenvalue weighted by Crippen LogP contribution is -2.15. The third-order valence-corrected chi connectivity index (χ3v) is 2.64. The number of aromatic nitrogens is 4. The minimum absolute atomic E-state index is 0.0665. The van der Waals surface area contributed by atoms with Crippen molar-refractivity contribution in [2.45, 2.75) is 39.7 Å². The highest BCUT2D eigenvalue weighted by atomic mass is 15.3. The Balaban J connectivity index is 2.55. The third kappa shape index (κ3) is 1.78. The number of hydrogen-bond donors (Lipinski definition) is 1. The van der Waals surface area contributed by atoms with E-state index >= 15 is 0 Å². The summed E-state index contributed by atoms with van der Waals surface area (Å²) >= 11 is 0. The van der Waals surface area contributed by atoms with Crippen molar-refractivity contribution in [3.05, 3.63) is 23.4 Å². The number of nitrogens with zero attached hydrogens (tertiary/aromatic N) is 4. The fourth-order valence-electron chi connectivity index (χ4n) is 1.94. The minimum atomic E-state index is -0.0665. The van der Waals surface area contributed by atoms with Crippen molar-refractivity contribution in [3.8, 4) is 0 Å². The zero-order valence-electron chi connectivity index (χ0n) is 9.94. The summed E-state index contributed by atoms with van der Waals surface area (Å²) in [5.41, 5.74) is 7.85. The van der Waals surface area contributed by atoms with Gasteiger partial charge in [0.05, 0.1) is 6.04 Å². The van der Waals surface area contributed by atoms with Crippen LogP contribution in [0.5, 0.6) is 0 Å². The standard InChI is InChI=1S/C11H17N5/c1-4-5-9(12)11-15-14-10-6-7(2)13-8(3)16(10)11/h6,9H,4-5,12H2,1-3H3. The van der Waals surface area contributed by atoms with E-state index in [1.807, 2.05) is 24.3 Å². The van der Waals surface area contributed by atoms with Crippen LogP contribution in [0, 0.1) is 13.8 Å². The van der Waals surface area contributed by atoms with E-state index in [0.717, 1.165) is 35.8 Å². The van der Waals surface area contributed by atoms with E-state index in [9.17, 15) is 0 Å². The molecule has 1 atom stereocenters. The molecule has 0 aliphatic rings. The van der Waals surface area contributed by atoms with Gasteiger partial charge in [-0.1, -0.05) is 13.3 Å². The average Bonchev–Trinajstić information content (AvgIpc) is 2.61. The molecule has 2 N–H and O–H groups in total. The highest BCUT2D eigenvalue weighted by Crippen LogP contribution is 2.16. The zero-order chi connectivity index (χ0) is 11.7. The molecule has 0 saturated heterocycles. The number of fused-ring (bicyclic) bond motifs is 1. The highest BCUT2D eigenvalue weighted by molar-refractivity contribution is 5.40. The Morgan fingerprint density at radius 3 is 2.81 bits per heavy atom.